The highest BCUT2D eigenvalue weighted by Crippen LogP contribution is 2.32. The molecular weight excluding hydrogens is 338 g/mol. The van der Waals surface area contributed by atoms with E-state index in [-0.39, 0.29) is 11.6 Å². The fourth-order valence-corrected chi connectivity index (χ4v) is 2.43. The summed E-state index contributed by atoms with van der Waals surface area (Å²) in [6.07, 6.45) is 2.00. The van der Waals surface area contributed by atoms with Crippen LogP contribution in [0.3, 0.4) is 0 Å². The lowest BCUT2D eigenvalue weighted by Crippen LogP contribution is -2.34. The minimum atomic E-state index is -0.576. The van der Waals surface area contributed by atoms with E-state index in [0.717, 1.165) is 0 Å². The van der Waals surface area contributed by atoms with Crippen molar-refractivity contribution in [2.75, 3.05) is 10.6 Å². The second kappa shape index (κ2) is 7.06. The van der Waals surface area contributed by atoms with Crippen LogP contribution < -0.4 is 15.4 Å². The predicted octanol–water partition coefficient (Wildman–Crippen LogP) is 2.97. The molecule has 3 rings (SSSR count). The van der Waals surface area contributed by atoms with Gasteiger partial charge in [-0.3, -0.25) is 19.7 Å². The number of benzene rings is 2. The van der Waals surface area contributed by atoms with E-state index >= 15 is 0 Å². The van der Waals surface area contributed by atoms with E-state index in [4.69, 9.17) is 4.74 Å². The van der Waals surface area contributed by atoms with Gasteiger partial charge in [-0.25, -0.2) is 0 Å². The molecule has 8 heteroatoms. The molecule has 1 aliphatic heterocycles. The first-order valence-electron chi connectivity index (χ1n) is 7.78. The van der Waals surface area contributed by atoms with Gasteiger partial charge in [0.05, 0.1) is 16.2 Å². The molecule has 0 saturated heterocycles. The second-order valence-electron chi connectivity index (χ2n) is 5.60. The summed E-state index contributed by atoms with van der Waals surface area (Å²) in [6, 6.07) is 11.0. The van der Waals surface area contributed by atoms with Crippen molar-refractivity contribution in [3.63, 3.8) is 0 Å². The number of amides is 2. The predicted molar refractivity (Wildman–Crippen MR) is 95.9 cm³/mol. The number of nitro benzene ring substituents is 1. The molecule has 1 heterocycles. The van der Waals surface area contributed by atoms with Gasteiger partial charge in [-0.1, -0.05) is 12.1 Å². The van der Waals surface area contributed by atoms with Gasteiger partial charge >= 0.3 is 0 Å². The fourth-order valence-electron chi connectivity index (χ4n) is 2.43. The summed E-state index contributed by atoms with van der Waals surface area (Å²) in [5.74, 6) is -0.206. The van der Waals surface area contributed by atoms with Gasteiger partial charge in [0.15, 0.2) is 6.10 Å². The van der Waals surface area contributed by atoms with Crippen LogP contribution in [0.4, 0.5) is 17.1 Å². The Morgan fingerprint density at radius 1 is 1.31 bits per heavy atom. The van der Waals surface area contributed by atoms with Gasteiger partial charge in [-0.05, 0) is 37.3 Å². The zero-order chi connectivity index (χ0) is 18.7. The maximum atomic E-state index is 12.1. The van der Waals surface area contributed by atoms with Crippen molar-refractivity contribution in [1.82, 2.24) is 0 Å². The molecule has 2 aromatic carbocycles. The van der Waals surface area contributed by atoms with Crippen molar-refractivity contribution in [1.29, 1.82) is 0 Å². The number of nitro groups is 1. The van der Waals surface area contributed by atoms with Crippen LogP contribution in [0.2, 0.25) is 0 Å². The Hall–Kier alpha value is -3.68. The number of anilines is 2. The number of ether oxygens (including phenoxy) is 1. The number of rotatable bonds is 4. The molecule has 2 amide bonds. The molecule has 0 spiro atoms. The number of hydrogen-bond acceptors (Lipinski definition) is 5. The molecule has 1 unspecified atom stereocenters. The Labute approximate surface area is 148 Å². The number of carbonyl (C=O) groups is 2. The molecule has 2 aromatic rings. The quantitative estimate of drug-likeness (QED) is 0.499. The topological polar surface area (TPSA) is 111 Å². The number of nitrogens with one attached hydrogen (secondary N) is 2. The average Bonchev–Trinajstić information content (AvgIpc) is 2.61. The van der Waals surface area contributed by atoms with Crippen LogP contribution in [0.15, 0.2) is 48.5 Å². The molecule has 2 N–H and O–H groups in total. The van der Waals surface area contributed by atoms with Gasteiger partial charge < -0.3 is 15.4 Å². The molecule has 26 heavy (non-hydrogen) atoms. The molecule has 1 aliphatic rings. The molecule has 0 fully saturated rings. The summed E-state index contributed by atoms with van der Waals surface area (Å²) < 4.78 is 5.44. The van der Waals surface area contributed by atoms with Crippen molar-refractivity contribution < 1.29 is 19.2 Å². The van der Waals surface area contributed by atoms with Crippen molar-refractivity contribution >= 4 is 35.0 Å². The van der Waals surface area contributed by atoms with Crippen LogP contribution in [0.5, 0.6) is 5.75 Å². The molecule has 0 saturated carbocycles. The van der Waals surface area contributed by atoms with Gasteiger partial charge in [-0.15, -0.1) is 0 Å². The first-order valence-corrected chi connectivity index (χ1v) is 7.78. The van der Waals surface area contributed by atoms with Crippen LogP contribution in [0.25, 0.3) is 6.08 Å². The Kier molecular flexibility index (Phi) is 4.66. The molecule has 0 aliphatic carbocycles. The smallest absolute Gasteiger partial charge is 0.276 e. The lowest BCUT2D eigenvalue weighted by atomic mass is 10.1. The van der Waals surface area contributed by atoms with Crippen molar-refractivity contribution in [3.05, 3.63) is 64.2 Å². The largest absolute Gasteiger partial charge is 0.479 e. The SMILES string of the molecule is CC1Oc2ccc(NC(=O)/C=C/c3ccccc3[N+](=O)[O-])cc2NC1=O. The van der Waals surface area contributed by atoms with Crippen LogP contribution in [0.1, 0.15) is 12.5 Å². The monoisotopic (exact) mass is 353 g/mol. The third-order valence-corrected chi connectivity index (χ3v) is 3.73. The third-order valence-electron chi connectivity index (χ3n) is 3.73. The molecular formula is C18H15N3O5. The Bertz CT molecular complexity index is 923. The maximum Gasteiger partial charge on any atom is 0.276 e. The Morgan fingerprint density at radius 2 is 2.08 bits per heavy atom. The maximum absolute atomic E-state index is 12.1. The molecule has 0 aromatic heterocycles. The van der Waals surface area contributed by atoms with Gasteiger partial charge in [0.1, 0.15) is 5.75 Å². The molecule has 8 nitrogen and oxygen atoms in total. The molecule has 1 atom stereocenters. The minimum absolute atomic E-state index is 0.0840. The zero-order valence-corrected chi connectivity index (χ0v) is 13.8. The van der Waals surface area contributed by atoms with Crippen LogP contribution in [-0.2, 0) is 9.59 Å². The number of carbonyl (C=O) groups excluding carboxylic acids is 2. The summed E-state index contributed by atoms with van der Waals surface area (Å²) in [5, 5.41) is 16.3. The zero-order valence-electron chi connectivity index (χ0n) is 13.8. The van der Waals surface area contributed by atoms with Gasteiger partial charge in [0.2, 0.25) is 5.91 Å². The van der Waals surface area contributed by atoms with Crippen LogP contribution >= 0.6 is 0 Å². The standard InChI is InChI=1S/C18H15N3O5/c1-11-18(23)20-14-10-13(7-8-16(14)26-11)19-17(22)9-6-12-4-2-3-5-15(12)21(24)25/h2-11H,1H3,(H,19,22)(H,20,23)/b9-6+. The average molecular weight is 353 g/mol. The summed E-state index contributed by atoms with van der Waals surface area (Å²) >= 11 is 0. The van der Waals surface area contributed by atoms with E-state index in [1.165, 1.54) is 18.2 Å². The number of para-hydroxylation sites is 1. The van der Waals surface area contributed by atoms with Gasteiger partial charge in [-0.2, -0.15) is 0 Å². The summed E-state index contributed by atoms with van der Waals surface area (Å²) in [6.45, 7) is 1.64. The Morgan fingerprint density at radius 3 is 2.85 bits per heavy atom. The molecule has 0 radical (unpaired) electrons. The van der Waals surface area contributed by atoms with Crippen LogP contribution in [-0.4, -0.2) is 22.8 Å². The highest BCUT2D eigenvalue weighted by atomic mass is 16.6. The van der Waals surface area contributed by atoms with Crippen LogP contribution in [0, 0.1) is 10.1 Å². The van der Waals surface area contributed by atoms with E-state index in [2.05, 4.69) is 10.6 Å². The van der Waals surface area contributed by atoms with E-state index in [1.54, 1.807) is 43.3 Å². The minimum Gasteiger partial charge on any atom is -0.479 e. The lowest BCUT2D eigenvalue weighted by Gasteiger charge is -2.23. The van der Waals surface area contributed by atoms with E-state index in [9.17, 15) is 19.7 Å². The van der Waals surface area contributed by atoms with Gasteiger partial charge in [0, 0.05) is 17.8 Å². The normalized spacial score (nSPS) is 15.7. The molecule has 132 valence electrons. The summed E-state index contributed by atoms with van der Waals surface area (Å²) in [4.78, 5) is 34.2. The summed E-state index contributed by atoms with van der Waals surface area (Å²) in [5.41, 5.74) is 1.17. The van der Waals surface area contributed by atoms with Crippen molar-refractivity contribution in [2.45, 2.75) is 13.0 Å². The Balaban J connectivity index is 1.72. The van der Waals surface area contributed by atoms with E-state index < -0.39 is 16.9 Å². The highest BCUT2D eigenvalue weighted by Gasteiger charge is 2.23. The lowest BCUT2D eigenvalue weighted by molar-refractivity contribution is -0.385. The number of fused-ring (bicyclic) bond motifs is 1. The van der Waals surface area contributed by atoms with E-state index in [0.29, 0.717) is 22.7 Å². The number of nitrogens with zero attached hydrogens (tertiary/aromatic N) is 1. The van der Waals surface area contributed by atoms with Gasteiger partial charge in [0.25, 0.3) is 11.6 Å². The first kappa shape index (κ1) is 17.2. The highest BCUT2D eigenvalue weighted by molar-refractivity contribution is 6.03. The third kappa shape index (κ3) is 3.69. The summed E-state index contributed by atoms with van der Waals surface area (Å²) in [7, 11) is 0. The van der Waals surface area contributed by atoms with E-state index in [1.807, 2.05) is 0 Å². The van der Waals surface area contributed by atoms with Crippen molar-refractivity contribution in [3.8, 4) is 5.75 Å². The second-order valence-corrected chi connectivity index (χ2v) is 5.60. The molecule has 0 bridgehead atoms. The van der Waals surface area contributed by atoms with Crippen molar-refractivity contribution in [2.24, 2.45) is 0 Å². The number of hydrogen-bond donors (Lipinski definition) is 2. The first-order chi connectivity index (χ1) is 12.4. The fraction of sp³-hybridized carbons (Fsp3) is 0.111.